The van der Waals surface area contributed by atoms with Gasteiger partial charge in [0.25, 0.3) is 0 Å². The van der Waals surface area contributed by atoms with Crippen molar-refractivity contribution in [1.29, 1.82) is 0 Å². The number of aryl methyl sites for hydroxylation is 3. The summed E-state index contributed by atoms with van der Waals surface area (Å²) in [6, 6.07) is 4.73. The van der Waals surface area contributed by atoms with Crippen LogP contribution in [0.1, 0.15) is 37.3 Å². The monoisotopic (exact) mass is 286 g/mol. The number of nitrogens with one attached hydrogen (secondary N) is 1. The fraction of sp³-hybridized carbons (Fsp3) is 0.529. The summed E-state index contributed by atoms with van der Waals surface area (Å²) in [4.78, 5) is 4.19. The van der Waals surface area contributed by atoms with Crippen LogP contribution in [0.2, 0.25) is 0 Å². The molecule has 0 aromatic carbocycles. The highest BCUT2D eigenvalue weighted by Crippen LogP contribution is 2.10. The molecule has 1 atom stereocenters. The molecule has 0 aliphatic heterocycles. The third kappa shape index (κ3) is 5.68. The van der Waals surface area contributed by atoms with E-state index < -0.39 is 0 Å². The minimum Gasteiger partial charge on any atom is -0.314 e. The number of aromatic nitrogens is 3. The Morgan fingerprint density at radius 2 is 2.00 bits per heavy atom. The van der Waals surface area contributed by atoms with Gasteiger partial charge in [-0.15, -0.1) is 0 Å². The highest BCUT2D eigenvalue weighted by Gasteiger charge is 2.09. The Balaban J connectivity index is 1.82. The van der Waals surface area contributed by atoms with Crippen molar-refractivity contribution in [1.82, 2.24) is 20.1 Å². The van der Waals surface area contributed by atoms with Gasteiger partial charge in [-0.2, -0.15) is 5.10 Å². The standard InChI is InChI=1S/C17H26N4/c1-3-10-19-17(8-6-15-5-4-11-18-12-15)9-7-16-13-20-21(2)14-16/h4-5,11-14,17,19H,3,6-10H2,1-2H3. The van der Waals surface area contributed by atoms with Crippen LogP contribution < -0.4 is 5.32 Å². The summed E-state index contributed by atoms with van der Waals surface area (Å²) in [5, 5.41) is 7.91. The fourth-order valence-corrected chi connectivity index (χ4v) is 2.53. The first-order valence-corrected chi connectivity index (χ1v) is 7.87. The van der Waals surface area contributed by atoms with Crippen molar-refractivity contribution in [3.8, 4) is 0 Å². The molecule has 2 aromatic heterocycles. The molecule has 4 heteroatoms. The van der Waals surface area contributed by atoms with E-state index in [2.05, 4.69) is 34.6 Å². The van der Waals surface area contributed by atoms with E-state index in [0.717, 1.165) is 32.2 Å². The van der Waals surface area contributed by atoms with Crippen molar-refractivity contribution in [2.24, 2.45) is 7.05 Å². The lowest BCUT2D eigenvalue weighted by atomic mass is 10.0. The molecule has 0 bridgehead atoms. The Kier molecular flexibility index (Phi) is 6.41. The van der Waals surface area contributed by atoms with E-state index in [1.807, 2.05) is 36.4 Å². The molecule has 2 heterocycles. The number of pyridine rings is 1. The van der Waals surface area contributed by atoms with Gasteiger partial charge < -0.3 is 5.32 Å². The van der Waals surface area contributed by atoms with E-state index in [1.54, 1.807) is 0 Å². The summed E-state index contributed by atoms with van der Waals surface area (Å²) in [6.07, 6.45) is 13.5. The molecule has 0 amide bonds. The van der Waals surface area contributed by atoms with Gasteiger partial charge >= 0.3 is 0 Å². The minimum atomic E-state index is 0.561. The van der Waals surface area contributed by atoms with Crippen LogP contribution in [0.15, 0.2) is 36.9 Å². The first kappa shape index (κ1) is 15.7. The molecular weight excluding hydrogens is 260 g/mol. The highest BCUT2D eigenvalue weighted by molar-refractivity contribution is 5.09. The third-order valence-corrected chi connectivity index (χ3v) is 3.73. The van der Waals surface area contributed by atoms with Gasteiger partial charge in [-0.1, -0.05) is 13.0 Å². The lowest BCUT2D eigenvalue weighted by molar-refractivity contribution is 0.453. The molecule has 21 heavy (non-hydrogen) atoms. The van der Waals surface area contributed by atoms with Crippen molar-refractivity contribution in [3.63, 3.8) is 0 Å². The van der Waals surface area contributed by atoms with Gasteiger partial charge in [0.1, 0.15) is 0 Å². The molecule has 0 radical (unpaired) electrons. The molecule has 0 saturated carbocycles. The second kappa shape index (κ2) is 8.57. The van der Waals surface area contributed by atoms with Gasteiger partial charge in [0, 0.05) is 31.7 Å². The number of rotatable bonds is 9. The summed E-state index contributed by atoms with van der Waals surface area (Å²) in [5.41, 5.74) is 2.64. The molecule has 2 rings (SSSR count). The Hall–Kier alpha value is -1.68. The molecule has 114 valence electrons. The summed E-state index contributed by atoms with van der Waals surface area (Å²) < 4.78 is 1.87. The van der Waals surface area contributed by atoms with Gasteiger partial charge in [0.15, 0.2) is 0 Å². The van der Waals surface area contributed by atoms with Crippen LogP contribution >= 0.6 is 0 Å². The molecule has 1 N–H and O–H groups in total. The number of hydrogen-bond acceptors (Lipinski definition) is 3. The molecule has 0 aliphatic carbocycles. The van der Waals surface area contributed by atoms with Crippen molar-refractivity contribution in [2.45, 2.75) is 45.1 Å². The Morgan fingerprint density at radius 1 is 1.19 bits per heavy atom. The van der Waals surface area contributed by atoms with Gasteiger partial charge in [0.2, 0.25) is 0 Å². The van der Waals surface area contributed by atoms with Crippen molar-refractivity contribution in [2.75, 3.05) is 6.54 Å². The van der Waals surface area contributed by atoms with E-state index in [1.165, 1.54) is 17.5 Å². The van der Waals surface area contributed by atoms with Gasteiger partial charge in [-0.25, -0.2) is 0 Å². The summed E-state index contributed by atoms with van der Waals surface area (Å²) in [6.45, 7) is 3.30. The molecule has 1 unspecified atom stereocenters. The van der Waals surface area contributed by atoms with E-state index in [0.29, 0.717) is 6.04 Å². The Bertz CT molecular complexity index is 507. The number of hydrogen-bond donors (Lipinski definition) is 1. The van der Waals surface area contributed by atoms with Crippen molar-refractivity contribution < 1.29 is 0 Å². The van der Waals surface area contributed by atoms with E-state index >= 15 is 0 Å². The second-order valence-corrected chi connectivity index (χ2v) is 5.61. The highest BCUT2D eigenvalue weighted by atomic mass is 15.2. The van der Waals surface area contributed by atoms with Crippen LogP contribution in [0.5, 0.6) is 0 Å². The summed E-state index contributed by atoms with van der Waals surface area (Å²) in [7, 11) is 1.97. The van der Waals surface area contributed by atoms with Crippen LogP contribution in [0.3, 0.4) is 0 Å². The van der Waals surface area contributed by atoms with Gasteiger partial charge in [-0.3, -0.25) is 9.67 Å². The SMILES string of the molecule is CCCNC(CCc1cccnc1)CCc1cnn(C)c1. The van der Waals surface area contributed by atoms with Crippen molar-refractivity contribution in [3.05, 3.63) is 48.0 Å². The fourth-order valence-electron chi connectivity index (χ4n) is 2.53. The first-order valence-electron chi connectivity index (χ1n) is 7.87. The summed E-state index contributed by atoms with van der Waals surface area (Å²) in [5.74, 6) is 0. The van der Waals surface area contributed by atoms with E-state index in [9.17, 15) is 0 Å². The third-order valence-electron chi connectivity index (χ3n) is 3.73. The number of nitrogens with zero attached hydrogens (tertiary/aromatic N) is 3. The largest absolute Gasteiger partial charge is 0.314 e. The maximum atomic E-state index is 4.24. The van der Waals surface area contributed by atoms with Crippen LogP contribution in [-0.2, 0) is 19.9 Å². The smallest absolute Gasteiger partial charge is 0.0521 e. The Labute approximate surface area is 127 Å². The molecular formula is C17H26N4. The van der Waals surface area contributed by atoms with E-state index in [-0.39, 0.29) is 0 Å². The topological polar surface area (TPSA) is 42.7 Å². The van der Waals surface area contributed by atoms with Crippen LogP contribution in [-0.4, -0.2) is 27.4 Å². The average molecular weight is 286 g/mol. The van der Waals surface area contributed by atoms with Gasteiger partial charge in [0.05, 0.1) is 6.20 Å². The van der Waals surface area contributed by atoms with Crippen LogP contribution in [0, 0.1) is 0 Å². The normalized spacial score (nSPS) is 12.5. The average Bonchev–Trinajstić information content (AvgIpc) is 2.93. The first-order chi connectivity index (χ1) is 10.3. The van der Waals surface area contributed by atoms with E-state index in [4.69, 9.17) is 0 Å². The minimum absolute atomic E-state index is 0.561. The molecule has 4 nitrogen and oxygen atoms in total. The maximum absolute atomic E-state index is 4.24. The molecule has 0 saturated heterocycles. The molecule has 2 aromatic rings. The lowest BCUT2D eigenvalue weighted by Crippen LogP contribution is -2.30. The van der Waals surface area contributed by atoms with Crippen molar-refractivity contribution >= 4 is 0 Å². The molecule has 0 fully saturated rings. The predicted molar refractivity (Wildman–Crippen MR) is 86.2 cm³/mol. The second-order valence-electron chi connectivity index (χ2n) is 5.61. The lowest BCUT2D eigenvalue weighted by Gasteiger charge is -2.18. The zero-order valence-electron chi connectivity index (χ0n) is 13.1. The van der Waals surface area contributed by atoms with Gasteiger partial charge in [-0.05, 0) is 55.8 Å². The zero-order valence-corrected chi connectivity index (χ0v) is 13.1. The zero-order chi connectivity index (χ0) is 14.9. The van der Waals surface area contributed by atoms with Crippen LogP contribution in [0.4, 0.5) is 0 Å². The quantitative estimate of drug-likeness (QED) is 0.771. The predicted octanol–water partition coefficient (Wildman–Crippen LogP) is 2.75. The Morgan fingerprint density at radius 3 is 2.62 bits per heavy atom. The molecule has 0 spiro atoms. The summed E-state index contributed by atoms with van der Waals surface area (Å²) >= 11 is 0. The molecule has 0 aliphatic rings. The maximum Gasteiger partial charge on any atom is 0.0521 e. The van der Waals surface area contributed by atoms with Crippen LogP contribution in [0.25, 0.3) is 0 Å².